The maximum atomic E-state index is 13.2. The molecule has 0 fully saturated rings. The molecule has 0 saturated heterocycles. The van der Waals surface area contributed by atoms with Crippen molar-refractivity contribution in [1.29, 1.82) is 0 Å². The van der Waals surface area contributed by atoms with E-state index in [-0.39, 0.29) is 24.8 Å². The number of rotatable bonds is 5. The molecule has 0 saturated carbocycles. The van der Waals surface area contributed by atoms with E-state index in [0.29, 0.717) is 22.9 Å². The first kappa shape index (κ1) is 17.0. The molecule has 0 unspecified atom stereocenters. The van der Waals surface area contributed by atoms with Crippen molar-refractivity contribution in [2.24, 2.45) is 0 Å². The molecule has 4 aromatic rings. The zero-order valence-electron chi connectivity index (χ0n) is 14.6. The van der Waals surface area contributed by atoms with Crippen molar-refractivity contribution in [1.82, 2.24) is 4.98 Å². The molecule has 2 aromatic carbocycles. The van der Waals surface area contributed by atoms with Crippen LogP contribution in [0.25, 0.3) is 33.7 Å². The minimum atomic E-state index is -0.387. The summed E-state index contributed by atoms with van der Waals surface area (Å²) in [6, 6.07) is 13.3. The summed E-state index contributed by atoms with van der Waals surface area (Å²) < 4.78 is 29.6. The van der Waals surface area contributed by atoms with Crippen LogP contribution in [0.5, 0.6) is 0 Å². The highest BCUT2D eigenvalue weighted by atomic mass is 19.1. The maximum Gasteiger partial charge on any atom is 0.312 e. The summed E-state index contributed by atoms with van der Waals surface area (Å²) in [6.07, 6.45) is 1.59. The fourth-order valence-corrected chi connectivity index (χ4v) is 2.87. The van der Waals surface area contributed by atoms with Gasteiger partial charge in [0.25, 0.3) is 0 Å². The van der Waals surface area contributed by atoms with Gasteiger partial charge in [-0.25, -0.2) is 9.37 Å². The van der Waals surface area contributed by atoms with Crippen LogP contribution in [0, 0.1) is 5.82 Å². The van der Waals surface area contributed by atoms with Gasteiger partial charge in [-0.2, -0.15) is 0 Å². The molecule has 0 aliphatic rings. The van der Waals surface area contributed by atoms with Crippen LogP contribution < -0.4 is 0 Å². The Kier molecular flexibility index (Phi) is 4.46. The first-order valence-electron chi connectivity index (χ1n) is 8.53. The molecule has 0 atom stereocenters. The van der Waals surface area contributed by atoms with Gasteiger partial charge in [0.15, 0.2) is 5.76 Å². The van der Waals surface area contributed by atoms with Crippen molar-refractivity contribution >= 4 is 16.9 Å². The lowest BCUT2D eigenvalue weighted by molar-refractivity contribution is -0.142. The highest BCUT2D eigenvalue weighted by Crippen LogP contribution is 2.32. The number of benzene rings is 2. The fourth-order valence-electron chi connectivity index (χ4n) is 2.87. The first-order valence-corrected chi connectivity index (χ1v) is 8.53. The second-order valence-corrected chi connectivity index (χ2v) is 5.96. The summed E-state index contributed by atoms with van der Waals surface area (Å²) in [7, 11) is 0. The van der Waals surface area contributed by atoms with Crippen LogP contribution in [0.4, 0.5) is 4.39 Å². The Bertz CT molecular complexity index is 1100. The average molecular weight is 365 g/mol. The van der Waals surface area contributed by atoms with Gasteiger partial charge in [-0.15, -0.1) is 0 Å². The second kappa shape index (κ2) is 7.07. The number of halogens is 1. The van der Waals surface area contributed by atoms with Gasteiger partial charge in [0.05, 0.1) is 25.0 Å². The number of nitrogens with zero attached hydrogens (tertiary/aromatic N) is 1. The largest absolute Gasteiger partial charge is 0.466 e. The molecule has 4 rings (SSSR count). The van der Waals surface area contributed by atoms with Gasteiger partial charge in [-0.3, -0.25) is 4.79 Å². The summed E-state index contributed by atoms with van der Waals surface area (Å²) in [4.78, 5) is 16.5. The van der Waals surface area contributed by atoms with Crippen LogP contribution in [0.2, 0.25) is 0 Å². The Morgan fingerprint density at radius 2 is 1.89 bits per heavy atom. The molecule has 2 aromatic heterocycles. The van der Waals surface area contributed by atoms with E-state index in [1.807, 2.05) is 24.3 Å². The average Bonchev–Trinajstić information content (AvgIpc) is 3.28. The quantitative estimate of drug-likeness (QED) is 0.466. The van der Waals surface area contributed by atoms with Crippen LogP contribution >= 0.6 is 0 Å². The minimum Gasteiger partial charge on any atom is -0.466 e. The third-order valence-corrected chi connectivity index (χ3v) is 4.12. The van der Waals surface area contributed by atoms with Crippen LogP contribution in [0.3, 0.4) is 0 Å². The van der Waals surface area contributed by atoms with E-state index in [1.54, 1.807) is 25.3 Å². The molecule has 0 N–H and O–H groups in total. The molecule has 0 aliphatic carbocycles. The molecule has 136 valence electrons. The molecular weight excluding hydrogens is 349 g/mol. The number of ether oxygens (including phenoxy) is 1. The van der Waals surface area contributed by atoms with Crippen LogP contribution in [-0.4, -0.2) is 17.6 Å². The topological polar surface area (TPSA) is 65.5 Å². The van der Waals surface area contributed by atoms with Crippen molar-refractivity contribution < 1.29 is 22.8 Å². The molecule has 0 amide bonds. The number of hydrogen-bond donors (Lipinski definition) is 0. The Morgan fingerprint density at radius 3 is 2.67 bits per heavy atom. The number of aromatic nitrogens is 1. The molecule has 2 heterocycles. The minimum absolute atomic E-state index is 0.0166. The van der Waals surface area contributed by atoms with E-state index in [0.717, 1.165) is 16.5 Å². The van der Waals surface area contributed by atoms with Gasteiger partial charge in [-0.1, -0.05) is 0 Å². The van der Waals surface area contributed by atoms with E-state index in [1.165, 1.54) is 12.1 Å². The smallest absolute Gasteiger partial charge is 0.312 e. The van der Waals surface area contributed by atoms with Crippen molar-refractivity contribution in [3.8, 4) is 22.8 Å². The molecule has 6 heteroatoms. The molecule has 0 spiro atoms. The lowest BCUT2D eigenvalue weighted by atomic mass is 10.1. The summed E-state index contributed by atoms with van der Waals surface area (Å²) in [5.41, 5.74) is 2.61. The van der Waals surface area contributed by atoms with E-state index in [9.17, 15) is 9.18 Å². The number of furan rings is 1. The van der Waals surface area contributed by atoms with Gasteiger partial charge in [0, 0.05) is 16.5 Å². The zero-order valence-corrected chi connectivity index (χ0v) is 14.6. The predicted octanol–water partition coefficient (Wildman–Crippen LogP) is 5.00. The summed E-state index contributed by atoms with van der Waals surface area (Å²) in [5.74, 6) is 0.0619. The fraction of sp³-hybridized carbons (Fsp3) is 0.143. The van der Waals surface area contributed by atoms with Crippen molar-refractivity contribution in [2.45, 2.75) is 13.3 Å². The second-order valence-electron chi connectivity index (χ2n) is 5.96. The Hall–Kier alpha value is -3.41. The first-order chi connectivity index (χ1) is 13.1. The Morgan fingerprint density at radius 1 is 1.11 bits per heavy atom. The van der Waals surface area contributed by atoms with Crippen LogP contribution in [-0.2, 0) is 16.0 Å². The highest BCUT2D eigenvalue weighted by Gasteiger charge is 2.20. The number of esters is 1. The normalized spacial score (nSPS) is 11.0. The predicted molar refractivity (Wildman–Crippen MR) is 97.4 cm³/mol. The number of fused-ring (bicyclic) bond motifs is 1. The number of hydrogen-bond acceptors (Lipinski definition) is 5. The van der Waals surface area contributed by atoms with Crippen molar-refractivity contribution in [3.63, 3.8) is 0 Å². The standard InChI is InChI=1S/C21H16FNO4/c1-2-25-19(24)12-17-20(15-5-8-18-14(11-15)9-10-26-18)27-21(23-17)13-3-6-16(22)7-4-13/h3-11H,2,12H2,1H3. The van der Waals surface area contributed by atoms with Gasteiger partial charge in [0.2, 0.25) is 5.89 Å². The molecule has 0 radical (unpaired) electrons. The third-order valence-electron chi connectivity index (χ3n) is 4.12. The van der Waals surface area contributed by atoms with E-state index < -0.39 is 0 Å². The zero-order chi connectivity index (χ0) is 18.8. The summed E-state index contributed by atoms with van der Waals surface area (Å²) in [6.45, 7) is 2.04. The van der Waals surface area contributed by atoms with Crippen molar-refractivity contribution in [2.75, 3.05) is 6.61 Å². The third kappa shape index (κ3) is 3.46. The lowest BCUT2D eigenvalue weighted by Crippen LogP contribution is -2.08. The molecule has 0 bridgehead atoms. The molecule has 5 nitrogen and oxygen atoms in total. The summed E-state index contributed by atoms with van der Waals surface area (Å²) >= 11 is 0. The molecular formula is C21H16FNO4. The summed E-state index contributed by atoms with van der Waals surface area (Å²) in [5, 5.41) is 0.911. The number of oxazole rings is 1. The molecule has 27 heavy (non-hydrogen) atoms. The van der Waals surface area contributed by atoms with E-state index in [2.05, 4.69) is 4.98 Å². The number of carbonyl (C=O) groups is 1. The van der Waals surface area contributed by atoms with Crippen molar-refractivity contribution in [3.05, 3.63) is 66.3 Å². The van der Waals surface area contributed by atoms with E-state index >= 15 is 0 Å². The van der Waals surface area contributed by atoms with Gasteiger partial charge >= 0.3 is 5.97 Å². The van der Waals surface area contributed by atoms with Crippen LogP contribution in [0.15, 0.2) is 63.6 Å². The highest BCUT2D eigenvalue weighted by molar-refractivity contribution is 5.84. The van der Waals surface area contributed by atoms with Gasteiger partial charge in [-0.05, 0) is 55.5 Å². The van der Waals surface area contributed by atoms with Gasteiger partial charge in [0.1, 0.15) is 11.4 Å². The molecule has 0 aliphatic heterocycles. The number of carbonyl (C=O) groups excluding carboxylic acids is 1. The lowest BCUT2D eigenvalue weighted by Gasteiger charge is -2.02. The SMILES string of the molecule is CCOC(=O)Cc1nc(-c2ccc(F)cc2)oc1-c1ccc2occc2c1. The Labute approximate surface area is 154 Å². The Balaban J connectivity index is 1.79. The maximum absolute atomic E-state index is 13.2. The van der Waals surface area contributed by atoms with E-state index in [4.69, 9.17) is 13.6 Å². The van der Waals surface area contributed by atoms with Gasteiger partial charge < -0.3 is 13.6 Å². The van der Waals surface area contributed by atoms with Crippen LogP contribution in [0.1, 0.15) is 12.6 Å². The monoisotopic (exact) mass is 365 g/mol.